The quantitative estimate of drug-likeness (QED) is 0.355. The Morgan fingerprint density at radius 2 is 1.69 bits per heavy atom. The Hall–Kier alpha value is -0.830. The highest BCUT2D eigenvalue weighted by atomic mass is 16.5. The van der Waals surface area contributed by atoms with Gasteiger partial charge in [0.05, 0.1) is 6.61 Å². The number of unbranched alkanes of at least 4 members (excludes halogenated alkanes) is 5. The summed E-state index contributed by atoms with van der Waals surface area (Å²) < 4.78 is 4.84. The van der Waals surface area contributed by atoms with Gasteiger partial charge in [0.1, 0.15) is 0 Å². The third-order valence-electron chi connectivity index (χ3n) is 2.28. The maximum absolute atomic E-state index is 10.5. The van der Waals surface area contributed by atoms with Gasteiger partial charge in [-0.3, -0.25) is 4.79 Å². The predicted octanol–water partition coefficient (Wildman–Crippen LogP) is 2.83. The number of rotatable bonds is 10. The smallest absolute Gasteiger partial charge is 0.302 e. The number of aliphatic hydroxyl groups excluding tert-OH is 1. The van der Waals surface area contributed by atoms with Gasteiger partial charge in [-0.25, -0.2) is 0 Å². The number of allylic oxidation sites excluding steroid dienone is 1. The zero-order valence-corrected chi connectivity index (χ0v) is 10.3. The molecule has 0 radical (unpaired) electrons. The molecule has 0 aromatic heterocycles. The molecule has 0 fully saturated rings. The van der Waals surface area contributed by atoms with Crippen molar-refractivity contribution >= 4 is 5.97 Å². The standard InChI is InChI=1S/C13H24O3/c1-13(15)16-12-10-8-6-4-2-3-5-7-9-11-14/h5,7,14H,2-4,6,8-12H2,1H3/b7-5-. The lowest BCUT2D eigenvalue weighted by Crippen LogP contribution is -1.99. The van der Waals surface area contributed by atoms with Gasteiger partial charge in [-0.1, -0.05) is 31.4 Å². The summed E-state index contributed by atoms with van der Waals surface area (Å²) in [5.74, 6) is -0.186. The van der Waals surface area contributed by atoms with Gasteiger partial charge in [-0.05, 0) is 25.7 Å². The zero-order chi connectivity index (χ0) is 12.1. The van der Waals surface area contributed by atoms with Crippen LogP contribution in [0.4, 0.5) is 0 Å². The molecule has 3 nitrogen and oxygen atoms in total. The first-order valence-corrected chi connectivity index (χ1v) is 6.16. The molecule has 3 heteroatoms. The van der Waals surface area contributed by atoms with Crippen LogP contribution in [0.1, 0.15) is 51.9 Å². The average molecular weight is 228 g/mol. The monoisotopic (exact) mass is 228 g/mol. The van der Waals surface area contributed by atoms with Gasteiger partial charge in [0.15, 0.2) is 0 Å². The lowest BCUT2D eigenvalue weighted by molar-refractivity contribution is -0.141. The van der Waals surface area contributed by atoms with E-state index in [0.717, 1.165) is 25.7 Å². The van der Waals surface area contributed by atoms with Crippen molar-refractivity contribution in [1.29, 1.82) is 0 Å². The summed E-state index contributed by atoms with van der Waals surface area (Å²) in [6.45, 7) is 2.25. The second kappa shape index (κ2) is 12.2. The topological polar surface area (TPSA) is 46.5 Å². The fourth-order valence-electron chi connectivity index (χ4n) is 1.42. The molecule has 0 saturated carbocycles. The summed E-state index contributed by atoms with van der Waals surface area (Å²) in [4.78, 5) is 10.5. The van der Waals surface area contributed by atoms with E-state index < -0.39 is 0 Å². The molecule has 0 saturated heterocycles. The van der Waals surface area contributed by atoms with E-state index in [1.165, 1.54) is 26.2 Å². The summed E-state index contributed by atoms with van der Waals surface area (Å²) in [6.07, 6.45) is 11.8. The molecule has 0 bridgehead atoms. The molecule has 0 aliphatic carbocycles. The van der Waals surface area contributed by atoms with Crippen LogP contribution < -0.4 is 0 Å². The Morgan fingerprint density at radius 3 is 2.38 bits per heavy atom. The average Bonchev–Trinajstić information content (AvgIpc) is 2.25. The molecule has 16 heavy (non-hydrogen) atoms. The van der Waals surface area contributed by atoms with E-state index in [1.54, 1.807) is 0 Å². The van der Waals surface area contributed by atoms with Crippen molar-refractivity contribution in [2.75, 3.05) is 13.2 Å². The van der Waals surface area contributed by atoms with Crippen molar-refractivity contribution in [2.24, 2.45) is 0 Å². The maximum Gasteiger partial charge on any atom is 0.302 e. The Labute approximate surface area is 98.5 Å². The van der Waals surface area contributed by atoms with E-state index in [2.05, 4.69) is 6.08 Å². The van der Waals surface area contributed by atoms with E-state index >= 15 is 0 Å². The second-order valence-electron chi connectivity index (χ2n) is 3.88. The molecule has 94 valence electrons. The maximum atomic E-state index is 10.5. The summed E-state index contributed by atoms with van der Waals surface area (Å²) in [5, 5.41) is 8.54. The van der Waals surface area contributed by atoms with Crippen molar-refractivity contribution in [1.82, 2.24) is 0 Å². The normalized spacial score (nSPS) is 10.9. The van der Waals surface area contributed by atoms with E-state index in [0.29, 0.717) is 6.61 Å². The lowest BCUT2D eigenvalue weighted by atomic mass is 10.1. The minimum absolute atomic E-state index is 0.186. The largest absolute Gasteiger partial charge is 0.466 e. The third kappa shape index (κ3) is 13.2. The molecule has 0 heterocycles. The van der Waals surface area contributed by atoms with Gasteiger partial charge < -0.3 is 9.84 Å². The SMILES string of the molecule is CC(=O)OCCCCCCC/C=C\CCO. The molecular formula is C13H24O3. The molecule has 0 aromatic carbocycles. The number of carbonyl (C=O) groups is 1. The minimum atomic E-state index is -0.186. The van der Waals surface area contributed by atoms with Crippen molar-refractivity contribution in [3.8, 4) is 0 Å². The predicted molar refractivity (Wildman–Crippen MR) is 65.2 cm³/mol. The van der Waals surface area contributed by atoms with Gasteiger partial charge in [-0.2, -0.15) is 0 Å². The molecule has 0 aromatic rings. The van der Waals surface area contributed by atoms with Crippen LogP contribution in [0.15, 0.2) is 12.2 Å². The summed E-state index contributed by atoms with van der Waals surface area (Å²) in [7, 11) is 0. The molecule has 1 N–H and O–H groups in total. The van der Waals surface area contributed by atoms with Crippen LogP contribution in [0.5, 0.6) is 0 Å². The van der Waals surface area contributed by atoms with Crippen LogP contribution >= 0.6 is 0 Å². The van der Waals surface area contributed by atoms with Crippen LogP contribution in [0.25, 0.3) is 0 Å². The number of ether oxygens (including phenoxy) is 1. The van der Waals surface area contributed by atoms with Gasteiger partial charge in [0, 0.05) is 13.5 Å². The fourth-order valence-corrected chi connectivity index (χ4v) is 1.42. The van der Waals surface area contributed by atoms with E-state index in [4.69, 9.17) is 9.84 Å². The third-order valence-corrected chi connectivity index (χ3v) is 2.28. The molecule has 0 aliphatic rings. The van der Waals surface area contributed by atoms with E-state index in [1.807, 2.05) is 6.08 Å². The van der Waals surface area contributed by atoms with Gasteiger partial charge in [0.2, 0.25) is 0 Å². The lowest BCUT2D eigenvalue weighted by Gasteiger charge is -2.01. The van der Waals surface area contributed by atoms with E-state index in [9.17, 15) is 4.79 Å². The number of esters is 1. The van der Waals surface area contributed by atoms with Crippen molar-refractivity contribution in [3.63, 3.8) is 0 Å². The number of hydrogen-bond donors (Lipinski definition) is 1. The Bertz CT molecular complexity index is 188. The van der Waals surface area contributed by atoms with Crippen molar-refractivity contribution in [3.05, 3.63) is 12.2 Å². The van der Waals surface area contributed by atoms with Crippen molar-refractivity contribution < 1.29 is 14.6 Å². The first-order chi connectivity index (χ1) is 7.77. The van der Waals surface area contributed by atoms with Gasteiger partial charge in [-0.15, -0.1) is 0 Å². The first kappa shape index (κ1) is 15.2. The van der Waals surface area contributed by atoms with Crippen LogP contribution in [-0.4, -0.2) is 24.3 Å². The highest BCUT2D eigenvalue weighted by Gasteiger charge is 1.93. The molecule has 0 spiro atoms. The Balaban J connectivity index is 3.01. The molecular weight excluding hydrogens is 204 g/mol. The van der Waals surface area contributed by atoms with Crippen LogP contribution in [0.2, 0.25) is 0 Å². The summed E-state index contributed by atoms with van der Waals surface area (Å²) in [5.41, 5.74) is 0. The van der Waals surface area contributed by atoms with Crippen LogP contribution in [-0.2, 0) is 9.53 Å². The molecule has 0 rings (SSSR count). The highest BCUT2D eigenvalue weighted by molar-refractivity contribution is 5.65. The number of hydrogen-bond acceptors (Lipinski definition) is 3. The molecule has 0 unspecified atom stereocenters. The first-order valence-electron chi connectivity index (χ1n) is 6.16. The molecule has 0 atom stereocenters. The summed E-state index contributed by atoms with van der Waals surface area (Å²) in [6, 6.07) is 0. The second-order valence-corrected chi connectivity index (χ2v) is 3.88. The fraction of sp³-hybridized carbons (Fsp3) is 0.769. The molecule has 0 aliphatic heterocycles. The van der Waals surface area contributed by atoms with E-state index in [-0.39, 0.29) is 12.6 Å². The zero-order valence-electron chi connectivity index (χ0n) is 10.3. The van der Waals surface area contributed by atoms with Crippen LogP contribution in [0.3, 0.4) is 0 Å². The van der Waals surface area contributed by atoms with Gasteiger partial charge >= 0.3 is 5.97 Å². The van der Waals surface area contributed by atoms with Crippen LogP contribution in [0, 0.1) is 0 Å². The number of aliphatic hydroxyl groups is 1. The Morgan fingerprint density at radius 1 is 1.06 bits per heavy atom. The Kier molecular flexibility index (Phi) is 11.6. The molecule has 0 amide bonds. The van der Waals surface area contributed by atoms with Gasteiger partial charge in [0.25, 0.3) is 0 Å². The van der Waals surface area contributed by atoms with Crippen molar-refractivity contribution in [2.45, 2.75) is 51.9 Å². The summed E-state index contributed by atoms with van der Waals surface area (Å²) >= 11 is 0. The highest BCUT2D eigenvalue weighted by Crippen LogP contribution is 2.06. The number of carbonyl (C=O) groups excluding carboxylic acids is 1. The minimum Gasteiger partial charge on any atom is -0.466 e.